The predicted molar refractivity (Wildman–Crippen MR) is 40.3 cm³/mol. The van der Waals surface area contributed by atoms with Gasteiger partial charge in [0.25, 0.3) is 0 Å². The minimum atomic E-state index is -1.60. The van der Waals surface area contributed by atoms with E-state index in [0.717, 1.165) is 0 Å². The van der Waals surface area contributed by atoms with Gasteiger partial charge in [0.1, 0.15) is 0 Å². The molecule has 0 saturated heterocycles. The van der Waals surface area contributed by atoms with Crippen LogP contribution >= 0.6 is 0 Å². The van der Waals surface area contributed by atoms with E-state index in [1.807, 2.05) is 0 Å². The summed E-state index contributed by atoms with van der Waals surface area (Å²) in [6.45, 7) is 7.09. The number of carbonyl (C=O) groups is 2. The SMILES string of the molecule is C=C(C)C(=O)O.C=C(F)C(=O)O. The van der Waals surface area contributed by atoms with Gasteiger partial charge >= 0.3 is 11.9 Å². The van der Waals surface area contributed by atoms with E-state index < -0.39 is 17.8 Å². The molecular formula is C7H9FO4. The number of carboxylic acids is 2. The Morgan fingerprint density at radius 1 is 1.17 bits per heavy atom. The number of hydrogen-bond acceptors (Lipinski definition) is 2. The van der Waals surface area contributed by atoms with Crippen LogP contribution < -0.4 is 0 Å². The number of halogens is 1. The van der Waals surface area contributed by atoms with Crippen LogP contribution in [-0.4, -0.2) is 22.2 Å². The maximum absolute atomic E-state index is 11.0. The number of hydrogen-bond donors (Lipinski definition) is 2. The zero-order valence-electron chi connectivity index (χ0n) is 6.50. The number of aliphatic carboxylic acids is 2. The lowest BCUT2D eigenvalue weighted by Gasteiger charge is -1.79. The quantitative estimate of drug-likeness (QED) is 0.620. The van der Waals surface area contributed by atoms with Crippen LogP contribution in [0.3, 0.4) is 0 Å². The van der Waals surface area contributed by atoms with Crippen molar-refractivity contribution in [1.29, 1.82) is 0 Å². The van der Waals surface area contributed by atoms with Gasteiger partial charge < -0.3 is 10.2 Å². The Morgan fingerprint density at radius 2 is 1.33 bits per heavy atom. The van der Waals surface area contributed by atoms with Crippen LogP contribution in [0.25, 0.3) is 0 Å². The first kappa shape index (κ1) is 13.0. The molecular weight excluding hydrogens is 167 g/mol. The third-order valence-electron chi connectivity index (χ3n) is 0.597. The lowest BCUT2D eigenvalue weighted by atomic mass is 10.4. The van der Waals surface area contributed by atoms with E-state index in [4.69, 9.17) is 10.2 Å². The molecule has 0 aliphatic rings. The van der Waals surface area contributed by atoms with Crippen LogP contribution in [0, 0.1) is 0 Å². The van der Waals surface area contributed by atoms with Crippen molar-refractivity contribution in [3.63, 3.8) is 0 Å². The second kappa shape index (κ2) is 6.09. The van der Waals surface area contributed by atoms with Crippen LogP contribution in [0.5, 0.6) is 0 Å². The van der Waals surface area contributed by atoms with E-state index in [1.165, 1.54) is 6.92 Å². The molecule has 0 heterocycles. The summed E-state index contributed by atoms with van der Waals surface area (Å²) in [5.74, 6) is -3.86. The fourth-order valence-corrected chi connectivity index (χ4v) is 0. The molecule has 0 amide bonds. The van der Waals surface area contributed by atoms with Crippen LogP contribution in [-0.2, 0) is 9.59 Å². The Morgan fingerprint density at radius 3 is 1.33 bits per heavy atom. The molecule has 0 aromatic heterocycles. The third-order valence-corrected chi connectivity index (χ3v) is 0.597. The molecule has 68 valence electrons. The van der Waals surface area contributed by atoms with Crippen molar-refractivity contribution in [2.24, 2.45) is 0 Å². The summed E-state index contributed by atoms with van der Waals surface area (Å²) in [7, 11) is 0. The molecule has 0 unspecified atom stereocenters. The zero-order valence-corrected chi connectivity index (χ0v) is 6.50. The first-order chi connectivity index (χ1) is 5.29. The van der Waals surface area contributed by atoms with Gasteiger partial charge in [0.15, 0.2) is 0 Å². The molecule has 0 fully saturated rings. The minimum absolute atomic E-state index is 0.176. The Kier molecular flexibility index (Phi) is 6.58. The van der Waals surface area contributed by atoms with E-state index in [9.17, 15) is 14.0 Å². The van der Waals surface area contributed by atoms with Crippen molar-refractivity contribution in [1.82, 2.24) is 0 Å². The van der Waals surface area contributed by atoms with Gasteiger partial charge in [0, 0.05) is 5.57 Å². The summed E-state index contributed by atoms with van der Waals surface area (Å²) in [5, 5.41) is 15.4. The fourth-order valence-electron chi connectivity index (χ4n) is 0. The van der Waals surface area contributed by atoms with Gasteiger partial charge in [-0.05, 0) is 6.92 Å². The molecule has 4 nitrogen and oxygen atoms in total. The van der Waals surface area contributed by atoms with Crippen LogP contribution in [0.2, 0.25) is 0 Å². The molecule has 5 heteroatoms. The first-order valence-electron chi connectivity index (χ1n) is 2.75. The monoisotopic (exact) mass is 176 g/mol. The second-order valence-electron chi connectivity index (χ2n) is 1.80. The lowest BCUT2D eigenvalue weighted by Crippen LogP contribution is -1.92. The van der Waals surface area contributed by atoms with Gasteiger partial charge in [-0.15, -0.1) is 0 Å². The summed E-state index contributed by atoms with van der Waals surface area (Å²) in [6.07, 6.45) is 0. The molecule has 0 aromatic rings. The van der Waals surface area contributed by atoms with Gasteiger partial charge in [-0.2, -0.15) is 4.39 Å². The molecule has 0 aliphatic carbocycles. The van der Waals surface area contributed by atoms with Crippen LogP contribution in [0.4, 0.5) is 4.39 Å². The normalized spacial score (nSPS) is 7.50. The van der Waals surface area contributed by atoms with Crippen molar-refractivity contribution in [3.05, 3.63) is 24.6 Å². The average molecular weight is 176 g/mol. The van der Waals surface area contributed by atoms with E-state index in [2.05, 4.69) is 13.2 Å². The van der Waals surface area contributed by atoms with Crippen molar-refractivity contribution >= 4 is 11.9 Å². The van der Waals surface area contributed by atoms with E-state index in [-0.39, 0.29) is 5.57 Å². The van der Waals surface area contributed by atoms with Crippen molar-refractivity contribution in [2.45, 2.75) is 6.92 Å². The highest BCUT2D eigenvalue weighted by Crippen LogP contribution is 1.86. The van der Waals surface area contributed by atoms with Gasteiger partial charge in [-0.3, -0.25) is 0 Å². The van der Waals surface area contributed by atoms with Crippen molar-refractivity contribution in [3.8, 4) is 0 Å². The highest BCUT2D eigenvalue weighted by molar-refractivity contribution is 5.84. The molecule has 0 aliphatic heterocycles. The largest absolute Gasteiger partial charge is 0.478 e. The Hall–Kier alpha value is -1.65. The summed E-state index contributed by atoms with van der Waals surface area (Å²) >= 11 is 0. The van der Waals surface area contributed by atoms with Crippen molar-refractivity contribution in [2.75, 3.05) is 0 Å². The highest BCUT2D eigenvalue weighted by Gasteiger charge is 1.96. The minimum Gasteiger partial charge on any atom is -0.478 e. The molecule has 0 aromatic carbocycles. The maximum Gasteiger partial charge on any atom is 0.364 e. The highest BCUT2D eigenvalue weighted by atomic mass is 19.1. The first-order valence-corrected chi connectivity index (χ1v) is 2.75. The predicted octanol–water partition coefficient (Wildman–Crippen LogP) is 1.20. The van der Waals surface area contributed by atoms with Gasteiger partial charge in [0.2, 0.25) is 5.83 Å². The number of rotatable bonds is 2. The lowest BCUT2D eigenvalue weighted by molar-refractivity contribution is -0.134. The van der Waals surface area contributed by atoms with Gasteiger partial charge in [-0.25, -0.2) is 9.59 Å². The van der Waals surface area contributed by atoms with E-state index in [1.54, 1.807) is 0 Å². The zero-order chi connectivity index (χ0) is 10.3. The summed E-state index contributed by atoms with van der Waals surface area (Å²) in [4.78, 5) is 18.8. The molecule has 0 rings (SSSR count). The fraction of sp³-hybridized carbons (Fsp3) is 0.143. The van der Waals surface area contributed by atoms with E-state index >= 15 is 0 Å². The smallest absolute Gasteiger partial charge is 0.364 e. The molecule has 12 heavy (non-hydrogen) atoms. The van der Waals surface area contributed by atoms with E-state index in [0.29, 0.717) is 0 Å². The standard InChI is InChI=1S/C4H6O2.C3H3FO2/c1-3(2)4(5)6;1-2(4)3(5)6/h1H2,2H3,(H,5,6);1H2,(H,5,6). The molecule has 0 atom stereocenters. The van der Waals surface area contributed by atoms with Gasteiger partial charge in [0.05, 0.1) is 0 Å². The Labute approximate surface area is 68.6 Å². The molecule has 2 N–H and O–H groups in total. The second-order valence-corrected chi connectivity index (χ2v) is 1.80. The molecule has 0 bridgehead atoms. The summed E-state index contributed by atoms with van der Waals surface area (Å²) in [6, 6.07) is 0. The molecule has 0 spiro atoms. The maximum atomic E-state index is 11.0. The summed E-state index contributed by atoms with van der Waals surface area (Å²) < 4.78 is 11.0. The van der Waals surface area contributed by atoms with Crippen LogP contribution in [0.15, 0.2) is 24.6 Å². The molecule has 0 saturated carbocycles. The third kappa shape index (κ3) is 11.2. The number of carboxylic acid groups (broad SMARTS) is 2. The van der Waals surface area contributed by atoms with Crippen molar-refractivity contribution < 1.29 is 24.2 Å². The molecule has 0 radical (unpaired) electrons. The average Bonchev–Trinajstić information content (AvgIpc) is 1.88. The summed E-state index contributed by atoms with van der Waals surface area (Å²) in [5.41, 5.74) is 0.176. The Balaban J connectivity index is 0. The van der Waals surface area contributed by atoms with Crippen LogP contribution in [0.1, 0.15) is 6.92 Å². The Bertz CT molecular complexity index is 171. The topological polar surface area (TPSA) is 74.6 Å². The van der Waals surface area contributed by atoms with Gasteiger partial charge in [-0.1, -0.05) is 13.2 Å².